The Labute approximate surface area is 157 Å². The molecular weight excluding hydrogens is 357 g/mol. The van der Waals surface area contributed by atoms with Crippen LogP contribution < -0.4 is 0 Å². The Morgan fingerprint density at radius 1 is 1.15 bits per heavy atom. The summed E-state index contributed by atoms with van der Waals surface area (Å²) in [5.41, 5.74) is 1.23. The maximum atomic E-state index is 13.1. The highest BCUT2D eigenvalue weighted by Crippen LogP contribution is 2.33. The van der Waals surface area contributed by atoms with Crippen molar-refractivity contribution in [3.63, 3.8) is 0 Å². The van der Waals surface area contributed by atoms with Crippen LogP contribution in [-0.4, -0.2) is 36.5 Å². The summed E-state index contributed by atoms with van der Waals surface area (Å²) < 4.78 is 39.4. The van der Waals surface area contributed by atoms with E-state index < -0.39 is 11.7 Å². The third kappa shape index (κ3) is 5.32. The number of piperidine rings is 1. The molecule has 0 saturated carbocycles. The molecule has 1 aliphatic rings. The molecular formula is C20H25F3N2S. The molecule has 0 spiro atoms. The molecule has 6 heteroatoms. The zero-order valence-corrected chi connectivity index (χ0v) is 15.8. The Balaban J connectivity index is 1.48. The van der Waals surface area contributed by atoms with Gasteiger partial charge in [0.2, 0.25) is 0 Å². The molecule has 1 saturated heterocycles. The van der Waals surface area contributed by atoms with Crippen LogP contribution in [0.5, 0.6) is 0 Å². The zero-order valence-electron chi connectivity index (χ0n) is 15.0. The Morgan fingerprint density at radius 3 is 2.54 bits per heavy atom. The number of nitrogens with zero attached hydrogens (tertiary/aromatic N) is 2. The van der Waals surface area contributed by atoms with E-state index in [1.807, 2.05) is 0 Å². The number of halogens is 3. The van der Waals surface area contributed by atoms with Crippen molar-refractivity contribution in [2.24, 2.45) is 5.92 Å². The van der Waals surface area contributed by atoms with E-state index in [1.165, 1.54) is 17.7 Å². The van der Waals surface area contributed by atoms with Crippen LogP contribution in [-0.2, 0) is 19.3 Å². The molecule has 0 unspecified atom stereocenters. The highest BCUT2D eigenvalue weighted by molar-refractivity contribution is 7.07. The lowest BCUT2D eigenvalue weighted by Gasteiger charge is -2.34. The maximum absolute atomic E-state index is 13.1. The smallest absolute Gasteiger partial charge is 0.302 e. The molecule has 2 aromatic rings. The van der Waals surface area contributed by atoms with Crippen LogP contribution in [0.2, 0.25) is 0 Å². The first-order valence-electron chi connectivity index (χ1n) is 8.99. The largest absolute Gasteiger partial charge is 0.416 e. The van der Waals surface area contributed by atoms with E-state index in [4.69, 9.17) is 0 Å². The van der Waals surface area contributed by atoms with Crippen molar-refractivity contribution in [1.29, 1.82) is 0 Å². The summed E-state index contributed by atoms with van der Waals surface area (Å²) in [4.78, 5) is 4.50. The molecule has 2 heterocycles. The standard InChI is InChI=1S/C20H25F3N2S/c1-24(13-17-8-11-26-15-17)12-16-6-9-25(10-7-16)14-18-4-2-3-5-19(18)20(21,22)23/h2-5,8,11,15-16H,6-7,9-10,12-14H2,1H3. The van der Waals surface area contributed by atoms with Gasteiger partial charge in [0.05, 0.1) is 5.56 Å². The fourth-order valence-electron chi connectivity index (χ4n) is 3.70. The fourth-order valence-corrected chi connectivity index (χ4v) is 4.36. The number of hydrogen-bond donors (Lipinski definition) is 0. The number of benzene rings is 1. The SMILES string of the molecule is CN(Cc1ccsc1)CC1CCN(Cc2ccccc2C(F)(F)F)CC1. The molecule has 1 fully saturated rings. The minimum absolute atomic E-state index is 0.382. The van der Waals surface area contributed by atoms with Gasteiger partial charge in [0.15, 0.2) is 0 Å². The quantitative estimate of drug-likeness (QED) is 0.685. The first-order valence-corrected chi connectivity index (χ1v) is 9.93. The molecule has 1 aromatic carbocycles. The Morgan fingerprint density at radius 2 is 1.88 bits per heavy atom. The van der Waals surface area contributed by atoms with E-state index in [2.05, 4.69) is 33.7 Å². The topological polar surface area (TPSA) is 6.48 Å². The van der Waals surface area contributed by atoms with Crippen LogP contribution in [0.25, 0.3) is 0 Å². The Hall–Kier alpha value is -1.37. The third-order valence-electron chi connectivity index (χ3n) is 5.03. The van der Waals surface area contributed by atoms with Crippen molar-refractivity contribution in [2.45, 2.75) is 32.1 Å². The van der Waals surface area contributed by atoms with Gasteiger partial charge in [0.25, 0.3) is 0 Å². The molecule has 142 valence electrons. The van der Waals surface area contributed by atoms with Gasteiger partial charge >= 0.3 is 6.18 Å². The van der Waals surface area contributed by atoms with Crippen LogP contribution in [0, 0.1) is 5.92 Å². The molecule has 0 atom stereocenters. The van der Waals surface area contributed by atoms with Gasteiger partial charge in [-0.05, 0) is 72.9 Å². The highest BCUT2D eigenvalue weighted by atomic mass is 32.1. The van der Waals surface area contributed by atoms with Crippen molar-refractivity contribution >= 4 is 11.3 Å². The van der Waals surface area contributed by atoms with Gasteiger partial charge in [-0.3, -0.25) is 4.90 Å². The third-order valence-corrected chi connectivity index (χ3v) is 5.76. The highest BCUT2D eigenvalue weighted by Gasteiger charge is 2.33. The molecule has 0 aliphatic carbocycles. The normalized spacial score (nSPS) is 17.1. The molecule has 1 aliphatic heterocycles. The van der Waals surface area contributed by atoms with E-state index in [9.17, 15) is 13.2 Å². The lowest BCUT2D eigenvalue weighted by atomic mass is 9.95. The van der Waals surface area contributed by atoms with Crippen LogP contribution in [0.4, 0.5) is 13.2 Å². The first-order chi connectivity index (χ1) is 12.4. The van der Waals surface area contributed by atoms with E-state index in [0.29, 0.717) is 18.0 Å². The van der Waals surface area contributed by atoms with Crippen molar-refractivity contribution < 1.29 is 13.2 Å². The predicted octanol–water partition coefficient (Wildman–Crippen LogP) is 5.11. The lowest BCUT2D eigenvalue weighted by molar-refractivity contribution is -0.138. The zero-order chi connectivity index (χ0) is 18.6. The second-order valence-corrected chi connectivity index (χ2v) is 7.98. The van der Waals surface area contributed by atoms with Crippen LogP contribution in [0.3, 0.4) is 0 Å². The minimum Gasteiger partial charge on any atom is -0.302 e. The van der Waals surface area contributed by atoms with Gasteiger partial charge in [-0.1, -0.05) is 18.2 Å². The monoisotopic (exact) mass is 382 g/mol. The van der Waals surface area contributed by atoms with Gasteiger partial charge in [-0.25, -0.2) is 0 Å². The van der Waals surface area contributed by atoms with Gasteiger partial charge in [-0.2, -0.15) is 24.5 Å². The Kier molecular flexibility index (Phi) is 6.37. The second-order valence-electron chi connectivity index (χ2n) is 7.20. The molecule has 2 nitrogen and oxygen atoms in total. The average molecular weight is 382 g/mol. The van der Waals surface area contributed by atoms with E-state index in [1.54, 1.807) is 23.5 Å². The molecule has 26 heavy (non-hydrogen) atoms. The summed E-state index contributed by atoms with van der Waals surface area (Å²) in [6, 6.07) is 8.09. The van der Waals surface area contributed by atoms with Crippen molar-refractivity contribution in [3.8, 4) is 0 Å². The molecule has 3 rings (SSSR count). The average Bonchev–Trinajstić information content (AvgIpc) is 3.09. The van der Waals surface area contributed by atoms with E-state index in [-0.39, 0.29) is 0 Å². The van der Waals surface area contributed by atoms with Gasteiger partial charge in [0, 0.05) is 19.6 Å². The van der Waals surface area contributed by atoms with Crippen molar-refractivity contribution in [3.05, 3.63) is 57.8 Å². The molecule has 0 amide bonds. The van der Waals surface area contributed by atoms with Crippen molar-refractivity contribution in [2.75, 3.05) is 26.7 Å². The summed E-state index contributed by atoms with van der Waals surface area (Å²) in [6.45, 7) is 4.12. The van der Waals surface area contributed by atoms with Crippen LogP contribution >= 0.6 is 11.3 Å². The summed E-state index contributed by atoms with van der Waals surface area (Å²) in [5, 5.41) is 4.28. The number of likely N-dealkylation sites (tertiary alicyclic amines) is 1. The fraction of sp³-hybridized carbons (Fsp3) is 0.500. The summed E-state index contributed by atoms with van der Waals surface area (Å²) in [7, 11) is 2.14. The molecule has 1 aromatic heterocycles. The first kappa shape index (κ1) is 19.4. The minimum atomic E-state index is -4.28. The predicted molar refractivity (Wildman–Crippen MR) is 100 cm³/mol. The number of alkyl halides is 3. The molecule has 0 N–H and O–H groups in total. The number of thiophene rings is 1. The van der Waals surface area contributed by atoms with Gasteiger partial charge < -0.3 is 4.90 Å². The summed E-state index contributed by atoms with van der Waals surface area (Å²) in [6.07, 6.45) is -2.19. The molecule has 0 bridgehead atoms. The number of hydrogen-bond acceptors (Lipinski definition) is 3. The van der Waals surface area contributed by atoms with Gasteiger partial charge in [0.1, 0.15) is 0 Å². The summed E-state index contributed by atoms with van der Waals surface area (Å²) in [5.74, 6) is 0.618. The van der Waals surface area contributed by atoms with Crippen LogP contribution in [0.1, 0.15) is 29.5 Å². The van der Waals surface area contributed by atoms with Crippen molar-refractivity contribution in [1.82, 2.24) is 9.80 Å². The summed E-state index contributed by atoms with van der Waals surface area (Å²) >= 11 is 1.72. The molecule has 0 radical (unpaired) electrons. The number of rotatable bonds is 6. The maximum Gasteiger partial charge on any atom is 0.416 e. The lowest BCUT2D eigenvalue weighted by Crippen LogP contribution is -2.37. The van der Waals surface area contributed by atoms with Crippen LogP contribution in [0.15, 0.2) is 41.1 Å². The Bertz CT molecular complexity index is 677. The van der Waals surface area contributed by atoms with E-state index >= 15 is 0 Å². The second kappa shape index (κ2) is 8.55. The van der Waals surface area contributed by atoms with E-state index in [0.717, 1.165) is 39.0 Å². The van der Waals surface area contributed by atoms with Gasteiger partial charge in [-0.15, -0.1) is 0 Å².